The van der Waals surface area contributed by atoms with E-state index in [4.69, 9.17) is 23.2 Å². The molecule has 0 aliphatic rings. The quantitative estimate of drug-likeness (QED) is 0.625. The summed E-state index contributed by atoms with van der Waals surface area (Å²) < 4.78 is 0. The lowest BCUT2D eigenvalue weighted by Gasteiger charge is -2.07. The van der Waals surface area contributed by atoms with Crippen LogP contribution in [0.25, 0.3) is 0 Å². The molecule has 0 unspecified atom stereocenters. The normalized spacial score (nSPS) is 10.6. The highest BCUT2D eigenvalue weighted by atomic mass is 35.5. The third kappa shape index (κ3) is 6.04. The number of anilines is 1. The summed E-state index contributed by atoms with van der Waals surface area (Å²) in [5.74, 6) is -0.615. The second-order valence-electron chi connectivity index (χ2n) is 3.93. The first-order chi connectivity index (χ1) is 9.52. The molecule has 0 aliphatic carbocycles. The predicted molar refractivity (Wildman–Crippen MR) is 81.3 cm³/mol. The van der Waals surface area contributed by atoms with Crippen molar-refractivity contribution in [1.29, 1.82) is 0 Å². The lowest BCUT2D eigenvalue weighted by atomic mass is 10.2. The molecule has 0 atom stereocenters. The van der Waals surface area contributed by atoms with Gasteiger partial charge < -0.3 is 5.32 Å². The number of carbonyl (C=O) groups is 2. The molecule has 20 heavy (non-hydrogen) atoms. The predicted octanol–water partition coefficient (Wildman–Crippen LogP) is 3.22. The largest absolute Gasteiger partial charge is 0.325 e. The summed E-state index contributed by atoms with van der Waals surface area (Å²) in [6, 6.07) is 4.76. The molecule has 5 nitrogen and oxygen atoms in total. The lowest BCUT2D eigenvalue weighted by molar-refractivity contribution is -0.124. The van der Waals surface area contributed by atoms with Crippen molar-refractivity contribution in [2.24, 2.45) is 5.10 Å². The molecule has 0 radical (unpaired) electrons. The van der Waals surface area contributed by atoms with Crippen LogP contribution in [-0.2, 0) is 9.59 Å². The first-order valence-electron chi connectivity index (χ1n) is 6.08. The molecule has 7 heteroatoms. The maximum atomic E-state index is 11.7. The minimum absolute atomic E-state index is 0.0480. The van der Waals surface area contributed by atoms with Gasteiger partial charge in [-0.15, -0.1) is 0 Å². The number of hydrazone groups is 1. The zero-order valence-corrected chi connectivity index (χ0v) is 12.5. The molecule has 0 heterocycles. The Morgan fingerprint density at radius 2 is 1.95 bits per heavy atom. The van der Waals surface area contributed by atoms with E-state index < -0.39 is 0 Å². The molecule has 108 valence electrons. The van der Waals surface area contributed by atoms with Gasteiger partial charge >= 0.3 is 0 Å². The molecule has 0 fully saturated rings. The standard InChI is InChI=1S/C13H15Cl2N3O2/c1-2-7-16-18-13(20)6-5-12(19)17-11-4-3-9(14)8-10(11)15/h3-4,7-8H,2,5-6H2,1H3,(H,17,19)(H,18,20)/b16-7+. The average Bonchev–Trinajstić information content (AvgIpc) is 2.40. The number of hydrogen-bond donors (Lipinski definition) is 2. The Kier molecular flexibility index (Phi) is 7.04. The maximum absolute atomic E-state index is 11.7. The minimum atomic E-state index is -0.313. The zero-order valence-electron chi connectivity index (χ0n) is 11.0. The number of hydrogen-bond acceptors (Lipinski definition) is 3. The van der Waals surface area contributed by atoms with Gasteiger partial charge in [0.25, 0.3) is 0 Å². The number of rotatable bonds is 6. The highest BCUT2D eigenvalue weighted by molar-refractivity contribution is 6.36. The van der Waals surface area contributed by atoms with Crippen LogP contribution in [-0.4, -0.2) is 18.0 Å². The Bertz CT molecular complexity index is 518. The Balaban J connectivity index is 2.40. The van der Waals surface area contributed by atoms with Crippen molar-refractivity contribution in [2.75, 3.05) is 5.32 Å². The smallest absolute Gasteiger partial charge is 0.240 e. The molecule has 0 saturated carbocycles. The van der Waals surface area contributed by atoms with Crippen LogP contribution in [0.4, 0.5) is 5.69 Å². The number of benzene rings is 1. The van der Waals surface area contributed by atoms with E-state index in [-0.39, 0.29) is 24.7 Å². The van der Waals surface area contributed by atoms with Crippen molar-refractivity contribution in [3.63, 3.8) is 0 Å². The Morgan fingerprint density at radius 1 is 1.25 bits per heavy atom. The van der Waals surface area contributed by atoms with E-state index in [0.717, 1.165) is 6.42 Å². The number of amides is 2. The maximum Gasteiger partial charge on any atom is 0.240 e. The highest BCUT2D eigenvalue weighted by Gasteiger charge is 2.08. The first kappa shape index (κ1) is 16.5. The first-order valence-corrected chi connectivity index (χ1v) is 6.83. The summed E-state index contributed by atoms with van der Waals surface area (Å²) in [7, 11) is 0. The van der Waals surface area contributed by atoms with Crippen molar-refractivity contribution in [3.05, 3.63) is 28.2 Å². The second-order valence-corrected chi connectivity index (χ2v) is 4.77. The van der Waals surface area contributed by atoms with Crippen LogP contribution in [0.5, 0.6) is 0 Å². The molecular formula is C13H15Cl2N3O2. The SMILES string of the molecule is CC/C=N/NC(=O)CCC(=O)Nc1ccc(Cl)cc1Cl. The van der Waals surface area contributed by atoms with Gasteiger partial charge in [0.15, 0.2) is 0 Å². The zero-order chi connectivity index (χ0) is 15.0. The van der Waals surface area contributed by atoms with Crippen molar-refractivity contribution >= 4 is 46.9 Å². The lowest BCUT2D eigenvalue weighted by Crippen LogP contribution is -2.20. The third-order valence-corrected chi connectivity index (χ3v) is 2.80. The number of nitrogens with zero attached hydrogens (tertiary/aromatic N) is 1. The molecule has 2 N–H and O–H groups in total. The molecule has 1 rings (SSSR count). The molecular weight excluding hydrogens is 301 g/mol. The van der Waals surface area contributed by atoms with E-state index in [2.05, 4.69) is 15.8 Å². The summed E-state index contributed by atoms with van der Waals surface area (Å²) in [6.07, 6.45) is 2.41. The number of carbonyl (C=O) groups excluding carboxylic acids is 2. The van der Waals surface area contributed by atoms with E-state index >= 15 is 0 Å². The van der Waals surface area contributed by atoms with Gasteiger partial charge in [0, 0.05) is 24.1 Å². The summed E-state index contributed by atoms with van der Waals surface area (Å²) in [4.78, 5) is 23.0. The van der Waals surface area contributed by atoms with Crippen LogP contribution in [0.1, 0.15) is 26.2 Å². The average molecular weight is 316 g/mol. The molecule has 0 spiro atoms. The monoisotopic (exact) mass is 315 g/mol. The molecule has 2 amide bonds. The van der Waals surface area contributed by atoms with Crippen LogP contribution >= 0.6 is 23.2 Å². The van der Waals surface area contributed by atoms with Gasteiger partial charge in [0.05, 0.1) is 10.7 Å². The molecule has 0 bridgehead atoms. The van der Waals surface area contributed by atoms with E-state index in [1.165, 1.54) is 6.07 Å². The third-order valence-electron chi connectivity index (χ3n) is 2.25. The van der Waals surface area contributed by atoms with Crippen molar-refractivity contribution in [2.45, 2.75) is 26.2 Å². The molecule has 0 saturated heterocycles. The summed E-state index contributed by atoms with van der Waals surface area (Å²) in [5.41, 5.74) is 2.79. The Hall–Kier alpha value is -1.59. The highest BCUT2D eigenvalue weighted by Crippen LogP contribution is 2.25. The van der Waals surface area contributed by atoms with Gasteiger partial charge in [0.2, 0.25) is 11.8 Å². The van der Waals surface area contributed by atoms with Crippen molar-refractivity contribution in [3.8, 4) is 0 Å². The van der Waals surface area contributed by atoms with E-state index in [1.54, 1.807) is 18.3 Å². The van der Waals surface area contributed by atoms with Crippen molar-refractivity contribution < 1.29 is 9.59 Å². The fourth-order valence-electron chi connectivity index (χ4n) is 1.30. The topological polar surface area (TPSA) is 70.6 Å². The summed E-state index contributed by atoms with van der Waals surface area (Å²) in [5, 5.41) is 7.13. The van der Waals surface area contributed by atoms with Crippen LogP contribution in [0.2, 0.25) is 10.0 Å². The van der Waals surface area contributed by atoms with Gasteiger partial charge in [-0.25, -0.2) is 5.43 Å². The summed E-state index contributed by atoms with van der Waals surface area (Å²) >= 11 is 11.7. The van der Waals surface area contributed by atoms with Gasteiger partial charge in [-0.1, -0.05) is 30.1 Å². The van der Waals surface area contributed by atoms with Gasteiger partial charge in [-0.2, -0.15) is 5.10 Å². The summed E-state index contributed by atoms with van der Waals surface area (Å²) in [6.45, 7) is 1.90. The van der Waals surface area contributed by atoms with Gasteiger partial charge in [-0.3, -0.25) is 9.59 Å². The van der Waals surface area contributed by atoms with Crippen molar-refractivity contribution in [1.82, 2.24) is 5.43 Å². The Labute approximate surface area is 127 Å². The van der Waals surface area contributed by atoms with Crippen LogP contribution in [0, 0.1) is 0 Å². The van der Waals surface area contributed by atoms with Crippen LogP contribution in [0.3, 0.4) is 0 Å². The van der Waals surface area contributed by atoms with E-state index in [9.17, 15) is 9.59 Å². The van der Waals surface area contributed by atoms with Gasteiger partial charge in [-0.05, 0) is 24.6 Å². The minimum Gasteiger partial charge on any atom is -0.325 e. The molecule has 1 aromatic carbocycles. The molecule has 1 aromatic rings. The number of halogens is 2. The second kappa shape index (κ2) is 8.55. The van der Waals surface area contributed by atoms with Gasteiger partial charge in [0.1, 0.15) is 0 Å². The van der Waals surface area contributed by atoms with Crippen LogP contribution < -0.4 is 10.7 Å². The van der Waals surface area contributed by atoms with Crippen LogP contribution in [0.15, 0.2) is 23.3 Å². The van der Waals surface area contributed by atoms with E-state index in [0.29, 0.717) is 15.7 Å². The van der Waals surface area contributed by atoms with E-state index in [1.807, 2.05) is 6.92 Å². The molecule has 0 aromatic heterocycles. The Morgan fingerprint density at radius 3 is 2.60 bits per heavy atom. The fourth-order valence-corrected chi connectivity index (χ4v) is 1.75. The molecule has 0 aliphatic heterocycles. The number of nitrogens with one attached hydrogen (secondary N) is 2. The fraction of sp³-hybridized carbons (Fsp3) is 0.308.